The van der Waals surface area contributed by atoms with Crippen LogP contribution in [0.5, 0.6) is 0 Å². The second-order valence-corrected chi connectivity index (χ2v) is 2.62. The second-order valence-electron chi connectivity index (χ2n) is 2.62. The van der Waals surface area contributed by atoms with E-state index in [0.717, 1.165) is 13.1 Å². The zero-order valence-corrected chi connectivity index (χ0v) is 8.00. The van der Waals surface area contributed by atoms with Crippen molar-refractivity contribution in [3.8, 4) is 0 Å². The molecule has 0 aromatic rings. The van der Waals surface area contributed by atoms with Gasteiger partial charge < -0.3 is 14.4 Å². The normalized spacial score (nSPS) is 10.3. The van der Waals surface area contributed by atoms with E-state index in [1.54, 1.807) is 7.11 Å². The Kier molecular flexibility index (Phi) is 6.70. The van der Waals surface area contributed by atoms with Crippen LogP contribution in [0.4, 0.5) is 0 Å². The van der Waals surface area contributed by atoms with Gasteiger partial charge in [0, 0.05) is 20.2 Å². The Morgan fingerprint density at radius 2 is 2.00 bits per heavy atom. The quantitative estimate of drug-likeness (QED) is 0.538. The van der Waals surface area contributed by atoms with Crippen molar-refractivity contribution < 1.29 is 14.3 Å². The van der Waals surface area contributed by atoms with Crippen LogP contribution in [0.1, 0.15) is 6.42 Å². The van der Waals surface area contributed by atoms with Crippen LogP contribution < -0.4 is 0 Å². The van der Waals surface area contributed by atoms with Crippen LogP contribution >= 0.6 is 0 Å². The van der Waals surface area contributed by atoms with E-state index < -0.39 is 0 Å². The van der Waals surface area contributed by atoms with Gasteiger partial charge in [-0.15, -0.1) is 0 Å². The molecule has 0 aliphatic carbocycles. The lowest BCUT2D eigenvalue weighted by Crippen LogP contribution is -2.25. The van der Waals surface area contributed by atoms with Crippen LogP contribution in [0.25, 0.3) is 0 Å². The minimum atomic E-state index is -0.167. The van der Waals surface area contributed by atoms with Crippen molar-refractivity contribution in [3.05, 3.63) is 0 Å². The highest BCUT2D eigenvalue weighted by Gasteiger charge is 2.02. The lowest BCUT2D eigenvalue weighted by atomic mass is 10.4. The summed E-state index contributed by atoms with van der Waals surface area (Å²) in [7, 11) is 5.01. The largest absolute Gasteiger partial charge is 0.469 e. The van der Waals surface area contributed by atoms with Crippen LogP contribution in [0.15, 0.2) is 0 Å². The van der Waals surface area contributed by atoms with Crippen LogP contribution in [0, 0.1) is 0 Å². The number of esters is 1. The number of nitrogens with zero attached hydrogens (tertiary/aromatic N) is 1. The highest BCUT2D eigenvalue weighted by Crippen LogP contribution is 1.89. The number of carbonyl (C=O) groups is 1. The second kappa shape index (κ2) is 7.06. The van der Waals surface area contributed by atoms with Gasteiger partial charge in [0.1, 0.15) is 0 Å². The SMILES string of the molecule is COCCN(C)CCC(=O)OC. The van der Waals surface area contributed by atoms with Gasteiger partial charge in [-0.05, 0) is 7.05 Å². The molecule has 0 spiro atoms. The molecular formula is C8H17NO3. The molecule has 0 heterocycles. The lowest BCUT2D eigenvalue weighted by molar-refractivity contribution is -0.140. The molecule has 72 valence electrons. The van der Waals surface area contributed by atoms with Gasteiger partial charge in [0.25, 0.3) is 0 Å². The number of ether oxygens (including phenoxy) is 2. The molecule has 0 saturated heterocycles. The van der Waals surface area contributed by atoms with Crippen molar-refractivity contribution in [1.82, 2.24) is 4.90 Å². The molecule has 0 bridgehead atoms. The first-order valence-electron chi connectivity index (χ1n) is 3.95. The molecule has 0 aliphatic heterocycles. The number of carbonyl (C=O) groups excluding carboxylic acids is 1. The predicted octanol–water partition coefficient (Wildman–Crippen LogP) is 0.128. The van der Waals surface area contributed by atoms with Crippen molar-refractivity contribution >= 4 is 5.97 Å². The first kappa shape index (κ1) is 11.4. The fraction of sp³-hybridized carbons (Fsp3) is 0.875. The van der Waals surface area contributed by atoms with Crippen LogP contribution in [-0.2, 0) is 14.3 Å². The third-order valence-corrected chi connectivity index (χ3v) is 1.60. The van der Waals surface area contributed by atoms with Gasteiger partial charge in [0.15, 0.2) is 0 Å². The summed E-state index contributed by atoms with van der Waals surface area (Å²) in [5.41, 5.74) is 0. The Bertz CT molecular complexity index is 127. The molecule has 0 aliphatic rings. The summed E-state index contributed by atoms with van der Waals surface area (Å²) in [4.78, 5) is 12.7. The van der Waals surface area contributed by atoms with Crippen LogP contribution in [0.2, 0.25) is 0 Å². The van der Waals surface area contributed by atoms with E-state index in [1.165, 1.54) is 7.11 Å². The maximum absolute atomic E-state index is 10.7. The zero-order valence-electron chi connectivity index (χ0n) is 8.00. The standard InChI is InChI=1S/C8H17NO3/c1-9(6-7-11-2)5-4-8(10)12-3/h4-7H2,1-3H3. The third-order valence-electron chi connectivity index (χ3n) is 1.60. The highest BCUT2D eigenvalue weighted by atomic mass is 16.5. The van der Waals surface area contributed by atoms with E-state index >= 15 is 0 Å². The molecular weight excluding hydrogens is 158 g/mol. The predicted molar refractivity (Wildman–Crippen MR) is 46.0 cm³/mol. The van der Waals surface area contributed by atoms with Crippen molar-refractivity contribution in [1.29, 1.82) is 0 Å². The Morgan fingerprint density at radius 1 is 1.33 bits per heavy atom. The lowest BCUT2D eigenvalue weighted by Gasteiger charge is -2.14. The Labute approximate surface area is 73.4 Å². The minimum absolute atomic E-state index is 0.167. The molecule has 0 atom stereocenters. The maximum Gasteiger partial charge on any atom is 0.306 e. The molecule has 4 nitrogen and oxygen atoms in total. The maximum atomic E-state index is 10.7. The molecule has 0 aromatic heterocycles. The van der Waals surface area contributed by atoms with Crippen LogP contribution in [0.3, 0.4) is 0 Å². The Morgan fingerprint density at radius 3 is 2.50 bits per heavy atom. The van der Waals surface area contributed by atoms with Crippen molar-refractivity contribution in [2.45, 2.75) is 6.42 Å². The highest BCUT2D eigenvalue weighted by molar-refractivity contribution is 5.69. The molecule has 0 N–H and O–H groups in total. The van der Waals surface area contributed by atoms with Gasteiger partial charge in [-0.2, -0.15) is 0 Å². The molecule has 0 rings (SSSR count). The molecule has 0 saturated carbocycles. The first-order valence-corrected chi connectivity index (χ1v) is 3.95. The molecule has 12 heavy (non-hydrogen) atoms. The minimum Gasteiger partial charge on any atom is -0.469 e. The summed E-state index contributed by atoms with van der Waals surface area (Å²) in [5.74, 6) is -0.167. The van der Waals surface area contributed by atoms with Gasteiger partial charge in [0.2, 0.25) is 0 Å². The van der Waals surface area contributed by atoms with E-state index in [4.69, 9.17) is 4.74 Å². The Balaban J connectivity index is 3.30. The molecule has 0 aromatic carbocycles. The van der Waals surface area contributed by atoms with E-state index in [2.05, 4.69) is 4.74 Å². The topological polar surface area (TPSA) is 38.8 Å². The number of likely N-dealkylation sites (N-methyl/N-ethyl adjacent to an activating group) is 1. The number of rotatable bonds is 6. The first-order chi connectivity index (χ1) is 5.70. The molecule has 0 unspecified atom stereocenters. The van der Waals surface area contributed by atoms with Gasteiger partial charge in [0.05, 0.1) is 20.1 Å². The summed E-state index contributed by atoms with van der Waals surface area (Å²) in [6, 6.07) is 0. The summed E-state index contributed by atoms with van der Waals surface area (Å²) in [5, 5.41) is 0. The number of hydrogen-bond acceptors (Lipinski definition) is 4. The van der Waals surface area contributed by atoms with Gasteiger partial charge in [-0.25, -0.2) is 0 Å². The van der Waals surface area contributed by atoms with Crippen LogP contribution in [-0.4, -0.2) is 51.8 Å². The fourth-order valence-corrected chi connectivity index (χ4v) is 0.743. The van der Waals surface area contributed by atoms with E-state index in [1.807, 2.05) is 11.9 Å². The van der Waals surface area contributed by atoms with Gasteiger partial charge >= 0.3 is 5.97 Å². The third kappa shape index (κ3) is 6.12. The van der Waals surface area contributed by atoms with Crippen molar-refractivity contribution in [2.24, 2.45) is 0 Å². The summed E-state index contributed by atoms with van der Waals surface area (Å²) >= 11 is 0. The summed E-state index contributed by atoms with van der Waals surface area (Å²) in [6.07, 6.45) is 0.441. The molecule has 0 radical (unpaired) electrons. The van der Waals surface area contributed by atoms with E-state index in [-0.39, 0.29) is 5.97 Å². The van der Waals surface area contributed by atoms with Gasteiger partial charge in [-0.3, -0.25) is 4.79 Å². The van der Waals surface area contributed by atoms with E-state index in [0.29, 0.717) is 13.0 Å². The average Bonchev–Trinajstić information content (AvgIpc) is 2.10. The zero-order chi connectivity index (χ0) is 9.40. The Hall–Kier alpha value is -0.610. The smallest absolute Gasteiger partial charge is 0.306 e. The summed E-state index contributed by atoms with van der Waals surface area (Å²) in [6.45, 7) is 2.25. The average molecular weight is 175 g/mol. The van der Waals surface area contributed by atoms with Crippen molar-refractivity contribution in [2.75, 3.05) is 41.0 Å². The monoisotopic (exact) mass is 175 g/mol. The van der Waals surface area contributed by atoms with Gasteiger partial charge in [-0.1, -0.05) is 0 Å². The fourth-order valence-electron chi connectivity index (χ4n) is 0.743. The molecule has 4 heteroatoms. The summed E-state index contributed by atoms with van der Waals surface area (Å²) < 4.78 is 9.40. The molecule has 0 amide bonds. The number of hydrogen-bond donors (Lipinski definition) is 0. The van der Waals surface area contributed by atoms with Crippen molar-refractivity contribution in [3.63, 3.8) is 0 Å². The number of methoxy groups -OCH3 is 2. The van der Waals surface area contributed by atoms with E-state index in [9.17, 15) is 4.79 Å². The molecule has 0 fully saturated rings.